The first-order valence-electron chi connectivity index (χ1n) is 7.27. The quantitative estimate of drug-likeness (QED) is 0.905. The van der Waals surface area contributed by atoms with E-state index in [1.807, 2.05) is 0 Å². The van der Waals surface area contributed by atoms with Crippen LogP contribution in [0.2, 0.25) is 5.02 Å². The maximum Gasteiger partial charge on any atom is 0.254 e. The van der Waals surface area contributed by atoms with Gasteiger partial charge in [0, 0.05) is 29.2 Å². The van der Waals surface area contributed by atoms with Crippen LogP contribution in [0.3, 0.4) is 0 Å². The summed E-state index contributed by atoms with van der Waals surface area (Å²) in [5, 5.41) is 3.04. The van der Waals surface area contributed by atoms with Gasteiger partial charge >= 0.3 is 0 Å². The van der Waals surface area contributed by atoms with Crippen LogP contribution < -0.4 is 5.32 Å². The highest BCUT2D eigenvalue weighted by Crippen LogP contribution is 2.30. The minimum absolute atomic E-state index is 0.0272. The Morgan fingerprint density at radius 2 is 1.92 bits per heavy atom. The topological polar surface area (TPSA) is 49.4 Å². The highest BCUT2D eigenvalue weighted by Gasteiger charge is 2.36. The van der Waals surface area contributed by atoms with Crippen molar-refractivity contribution in [2.45, 2.75) is 6.04 Å². The molecule has 0 bridgehead atoms. The zero-order valence-electron chi connectivity index (χ0n) is 12.4. The Labute approximate surface area is 142 Å². The van der Waals surface area contributed by atoms with Crippen molar-refractivity contribution in [1.29, 1.82) is 0 Å². The van der Waals surface area contributed by atoms with Crippen LogP contribution in [0.4, 0.5) is 8.78 Å². The van der Waals surface area contributed by atoms with Crippen LogP contribution in [0.5, 0.6) is 0 Å². The molecule has 1 unspecified atom stereocenters. The van der Waals surface area contributed by atoms with Gasteiger partial charge in [0.2, 0.25) is 5.91 Å². The predicted octanol–water partition coefficient (Wildman–Crippen LogP) is 2.93. The largest absolute Gasteiger partial charge is 0.352 e. The molecule has 0 saturated carbocycles. The van der Waals surface area contributed by atoms with Crippen molar-refractivity contribution in [3.05, 3.63) is 70.2 Å². The SMILES string of the molecule is O=C1NCCN(C(=O)c2ccc(F)c(F)c2)C1c1ccccc1Cl. The lowest BCUT2D eigenvalue weighted by atomic mass is 10.0. The van der Waals surface area contributed by atoms with E-state index in [1.54, 1.807) is 24.3 Å². The summed E-state index contributed by atoms with van der Waals surface area (Å²) in [7, 11) is 0. The van der Waals surface area contributed by atoms with E-state index in [1.165, 1.54) is 11.0 Å². The standard InChI is InChI=1S/C17H13ClF2N2O2/c18-12-4-2-1-3-11(12)15-16(23)21-7-8-22(15)17(24)10-5-6-13(19)14(20)9-10/h1-6,9,15H,7-8H2,(H,21,23). The van der Waals surface area contributed by atoms with E-state index in [2.05, 4.69) is 5.32 Å². The Bertz CT molecular complexity index is 813. The number of nitrogens with one attached hydrogen (secondary N) is 1. The first-order valence-corrected chi connectivity index (χ1v) is 7.65. The third kappa shape index (κ3) is 2.97. The summed E-state index contributed by atoms with van der Waals surface area (Å²) in [6.07, 6.45) is 0. The van der Waals surface area contributed by atoms with Crippen LogP contribution in [0, 0.1) is 11.6 Å². The third-order valence-corrected chi connectivity index (χ3v) is 4.18. The molecule has 1 aliphatic heterocycles. The number of piperazine rings is 1. The third-order valence-electron chi connectivity index (χ3n) is 3.84. The van der Waals surface area contributed by atoms with Gasteiger partial charge in [0.25, 0.3) is 5.91 Å². The Hall–Kier alpha value is -2.47. The van der Waals surface area contributed by atoms with Crippen LogP contribution >= 0.6 is 11.6 Å². The normalized spacial score (nSPS) is 17.5. The fraction of sp³-hybridized carbons (Fsp3) is 0.176. The molecule has 2 aromatic rings. The second-order valence-corrected chi connectivity index (χ2v) is 5.75. The average molecular weight is 351 g/mol. The molecule has 1 atom stereocenters. The fourth-order valence-electron chi connectivity index (χ4n) is 2.69. The van der Waals surface area contributed by atoms with Crippen LogP contribution in [0.15, 0.2) is 42.5 Å². The number of nitrogens with zero attached hydrogens (tertiary/aromatic N) is 1. The Morgan fingerprint density at radius 1 is 1.17 bits per heavy atom. The smallest absolute Gasteiger partial charge is 0.254 e. The lowest BCUT2D eigenvalue weighted by Gasteiger charge is -2.35. The van der Waals surface area contributed by atoms with E-state index < -0.39 is 23.6 Å². The number of hydrogen-bond acceptors (Lipinski definition) is 2. The summed E-state index contributed by atoms with van der Waals surface area (Å²) in [4.78, 5) is 26.3. The molecule has 2 amide bonds. The van der Waals surface area contributed by atoms with Crippen LogP contribution in [0.1, 0.15) is 22.0 Å². The van der Waals surface area contributed by atoms with Gasteiger partial charge in [-0.05, 0) is 24.3 Å². The van der Waals surface area contributed by atoms with Crippen LogP contribution in [0.25, 0.3) is 0 Å². The molecule has 124 valence electrons. The molecular formula is C17H13ClF2N2O2. The van der Waals surface area contributed by atoms with Gasteiger partial charge in [-0.25, -0.2) is 8.78 Å². The molecule has 2 aromatic carbocycles. The van der Waals surface area contributed by atoms with Crippen molar-refractivity contribution in [1.82, 2.24) is 10.2 Å². The average Bonchev–Trinajstić information content (AvgIpc) is 2.57. The lowest BCUT2D eigenvalue weighted by molar-refractivity contribution is -0.128. The van der Waals surface area contributed by atoms with Gasteiger partial charge in [-0.3, -0.25) is 9.59 Å². The highest BCUT2D eigenvalue weighted by molar-refractivity contribution is 6.31. The molecule has 0 radical (unpaired) electrons. The minimum atomic E-state index is -1.11. The molecule has 0 aromatic heterocycles. The summed E-state index contributed by atoms with van der Waals surface area (Å²) in [6.45, 7) is 0.509. The van der Waals surface area contributed by atoms with E-state index in [0.717, 1.165) is 12.1 Å². The summed E-state index contributed by atoms with van der Waals surface area (Å²) in [6, 6.07) is 8.69. The molecule has 1 N–H and O–H groups in total. The van der Waals surface area contributed by atoms with Crippen molar-refractivity contribution in [2.75, 3.05) is 13.1 Å². The van der Waals surface area contributed by atoms with Crippen molar-refractivity contribution < 1.29 is 18.4 Å². The predicted molar refractivity (Wildman–Crippen MR) is 84.6 cm³/mol. The number of benzene rings is 2. The maximum atomic E-state index is 13.4. The molecule has 1 saturated heterocycles. The van der Waals surface area contributed by atoms with Crippen molar-refractivity contribution in [2.24, 2.45) is 0 Å². The summed E-state index contributed by atoms with van der Waals surface area (Å²) in [5.74, 6) is -3.08. The van der Waals surface area contributed by atoms with E-state index >= 15 is 0 Å². The van der Waals surface area contributed by atoms with Crippen molar-refractivity contribution in [3.8, 4) is 0 Å². The number of halogens is 3. The van der Waals surface area contributed by atoms with Crippen molar-refractivity contribution >= 4 is 23.4 Å². The summed E-state index contributed by atoms with van der Waals surface area (Å²) in [5.41, 5.74) is 0.452. The number of carbonyl (C=O) groups is 2. The van der Waals surface area contributed by atoms with Gasteiger partial charge in [-0.1, -0.05) is 29.8 Å². The molecule has 4 nitrogen and oxygen atoms in total. The summed E-state index contributed by atoms with van der Waals surface area (Å²) >= 11 is 6.16. The molecular weight excluding hydrogens is 338 g/mol. The second-order valence-electron chi connectivity index (χ2n) is 5.34. The Kier molecular flexibility index (Phi) is 4.49. The van der Waals surface area contributed by atoms with Gasteiger partial charge in [-0.2, -0.15) is 0 Å². The first-order chi connectivity index (χ1) is 11.5. The van der Waals surface area contributed by atoms with Gasteiger partial charge in [0.1, 0.15) is 6.04 Å². The second kappa shape index (κ2) is 6.57. The Morgan fingerprint density at radius 3 is 2.62 bits per heavy atom. The van der Waals surface area contributed by atoms with E-state index in [-0.39, 0.29) is 24.6 Å². The number of hydrogen-bond donors (Lipinski definition) is 1. The van der Waals surface area contributed by atoms with Crippen LogP contribution in [-0.4, -0.2) is 29.8 Å². The molecule has 24 heavy (non-hydrogen) atoms. The fourth-order valence-corrected chi connectivity index (χ4v) is 2.93. The Balaban J connectivity index is 2.00. The molecule has 7 heteroatoms. The monoisotopic (exact) mass is 350 g/mol. The van der Waals surface area contributed by atoms with Gasteiger partial charge in [0.05, 0.1) is 0 Å². The van der Waals surface area contributed by atoms with Gasteiger partial charge < -0.3 is 10.2 Å². The number of carbonyl (C=O) groups excluding carboxylic acids is 2. The van der Waals surface area contributed by atoms with E-state index in [0.29, 0.717) is 10.6 Å². The van der Waals surface area contributed by atoms with Gasteiger partial charge in [-0.15, -0.1) is 0 Å². The summed E-state index contributed by atoms with van der Waals surface area (Å²) < 4.78 is 26.5. The van der Waals surface area contributed by atoms with Crippen molar-refractivity contribution in [3.63, 3.8) is 0 Å². The zero-order chi connectivity index (χ0) is 17.3. The van der Waals surface area contributed by atoms with E-state index in [9.17, 15) is 18.4 Å². The number of amides is 2. The van der Waals surface area contributed by atoms with Crippen LogP contribution in [-0.2, 0) is 4.79 Å². The first kappa shape index (κ1) is 16.4. The van der Waals surface area contributed by atoms with E-state index in [4.69, 9.17) is 11.6 Å². The molecule has 0 spiro atoms. The maximum absolute atomic E-state index is 13.4. The molecule has 0 aliphatic carbocycles. The number of rotatable bonds is 2. The molecule has 3 rings (SSSR count). The molecule has 1 fully saturated rings. The molecule has 1 heterocycles. The lowest BCUT2D eigenvalue weighted by Crippen LogP contribution is -2.52. The van der Waals surface area contributed by atoms with Gasteiger partial charge in [0.15, 0.2) is 11.6 Å². The zero-order valence-corrected chi connectivity index (χ0v) is 13.2. The minimum Gasteiger partial charge on any atom is -0.352 e. The molecule has 1 aliphatic rings. The highest BCUT2D eigenvalue weighted by atomic mass is 35.5.